The first kappa shape index (κ1) is 18.1. The number of esters is 1. The van der Waals surface area contributed by atoms with E-state index in [0.29, 0.717) is 16.3 Å². The Morgan fingerprint density at radius 3 is 2.62 bits per heavy atom. The maximum atomic E-state index is 13.4. The third kappa shape index (κ3) is 3.77. The van der Waals surface area contributed by atoms with Gasteiger partial charge in [0.1, 0.15) is 5.75 Å². The number of nitrogens with zero attached hydrogens (tertiary/aromatic N) is 2. The van der Waals surface area contributed by atoms with Crippen LogP contribution in [0.25, 0.3) is 11.0 Å². The summed E-state index contributed by atoms with van der Waals surface area (Å²) in [5.74, 6) is -0.420. The predicted molar refractivity (Wildman–Crippen MR) is 92.4 cm³/mol. The molecule has 0 aliphatic carbocycles. The number of para-hydroxylation sites is 3. The van der Waals surface area contributed by atoms with Crippen LogP contribution in [0.4, 0.5) is 8.78 Å². The summed E-state index contributed by atoms with van der Waals surface area (Å²) in [7, 11) is 0. The standard InChI is InChI=1S/C18H15ClF2N2O3/c1-11(26-16(24)10-25-15-9-5-2-6-12(15)19)17-22-13-7-3-4-8-14(13)23(17)18(20)21/h2-9,11,18H,10H2,1H3/t11-/m1/s1. The number of alkyl halides is 2. The third-order valence-electron chi connectivity index (χ3n) is 3.67. The molecule has 8 heteroatoms. The average molecular weight is 381 g/mol. The van der Waals surface area contributed by atoms with Gasteiger partial charge >= 0.3 is 12.5 Å². The van der Waals surface area contributed by atoms with E-state index in [1.165, 1.54) is 13.0 Å². The number of rotatable bonds is 6. The second-order valence-corrected chi connectivity index (χ2v) is 5.86. The summed E-state index contributed by atoms with van der Waals surface area (Å²) in [5.41, 5.74) is 0.672. The Balaban J connectivity index is 1.72. The van der Waals surface area contributed by atoms with Crippen LogP contribution in [0.15, 0.2) is 48.5 Å². The third-order valence-corrected chi connectivity index (χ3v) is 3.98. The van der Waals surface area contributed by atoms with Crippen LogP contribution in [-0.2, 0) is 9.53 Å². The van der Waals surface area contributed by atoms with Gasteiger partial charge in [0.2, 0.25) is 0 Å². The maximum Gasteiger partial charge on any atom is 0.344 e. The molecule has 0 saturated carbocycles. The van der Waals surface area contributed by atoms with Crippen LogP contribution >= 0.6 is 11.6 Å². The van der Waals surface area contributed by atoms with Crippen LogP contribution < -0.4 is 4.74 Å². The van der Waals surface area contributed by atoms with Crippen molar-refractivity contribution in [3.05, 3.63) is 59.4 Å². The molecule has 0 amide bonds. The predicted octanol–water partition coefficient (Wildman–Crippen LogP) is 4.77. The minimum atomic E-state index is -2.81. The topological polar surface area (TPSA) is 53.4 Å². The van der Waals surface area contributed by atoms with Gasteiger partial charge in [-0.3, -0.25) is 4.57 Å². The first-order chi connectivity index (χ1) is 12.5. The van der Waals surface area contributed by atoms with Gasteiger partial charge in [-0.15, -0.1) is 0 Å². The zero-order valence-electron chi connectivity index (χ0n) is 13.7. The van der Waals surface area contributed by atoms with Gasteiger partial charge in [-0.1, -0.05) is 35.9 Å². The minimum Gasteiger partial charge on any atom is -0.480 e. The Kier molecular flexibility index (Phi) is 5.37. The van der Waals surface area contributed by atoms with Gasteiger partial charge < -0.3 is 9.47 Å². The molecular formula is C18H15ClF2N2O3. The number of ether oxygens (including phenoxy) is 2. The van der Waals surface area contributed by atoms with E-state index in [1.54, 1.807) is 42.5 Å². The van der Waals surface area contributed by atoms with E-state index in [4.69, 9.17) is 21.1 Å². The lowest BCUT2D eigenvalue weighted by Gasteiger charge is -2.15. The fourth-order valence-electron chi connectivity index (χ4n) is 2.54. The van der Waals surface area contributed by atoms with Gasteiger partial charge in [0, 0.05) is 0 Å². The lowest BCUT2D eigenvalue weighted by Crippen LogP contribution is -2.19. The van der Waals surface area contributed by atoms with Crippen molar-refractivity contribution < 1.29 is 23.0 Å². The Morgan fingerprint density at radius 2 is 1.88 bits per heavy atom. The van der Waals surface area contributed by atoms with E-state index in [2.05, 4.69) is 4.98 Å². The molecule has 2 aromatic carbocycles. The quantitative estimate of drug-likeness (QED) is 0.578. The molecule has 0 fully saturated rings. The summed E-state index contributed by atoms with van der Waals surface area (Å²) >= 11 is 5.94. The number of aromatic nitrogens is 2. The number of carbonyl (C=O) groups is 1. The molecule has 136 valence electrons. The van der Waals surface area contributed by atoms with Gasteiger partial charge in [0.15, 0.2) is 18.5 Å². The number of imidazole rings is 1. The highest BCUT2D eigenvalue weighted by atomic mass is 35.5. The van der Waals surface area contributed by atoms with Crippen molar-refractivity contribution >= 4 is 28.6 Å². The Labute approximate surface area is 153 Å². The van der Waals surface area contributed by atoms with Crippen LogP contribution in [0.5, 0.6) is 5.75 Å². The van der Waals surface area contributed by atoms with Crippen LogP contribution in [0.1, 0.15) is 25.4 Å². The van der Waals surface area contributed by atoms with Gasteiger partial charge in [-0.25, -0.2) is 9.78 Å². The largest absolute Gasteiger partial charge is 0.480 e. The fraction of sp³-hybridized carbons (Fsp3) is 0.222. The smallest absolute Gasteiger partial charge is 0.344 e. The van der Waals surface area contributed by atoms with E-state index in [9.17, 15) is 13.6 Å². The van der Waals surface area contributed by atoms with E-state index in [0.717, 1.165) is 4.57 Å². The molecule has 0 spiro atoms. The highest BCUT2D eigenvalue weighted by molar-refractivity contribution is 6.32. The van der Waals surface area contributed by atoms with Crippen molar-refractivity contribution in [3.8, 4) is 5.75 Å². The van der Waals surface area contributed by atoms with E-state index in [1.807, 2.05) is 0 Å². The van der Waals surface area contributed by atoms with Crippen LogP contribution in [0.2, 0.25) is 5.02 Å². The molecule has 1 heterocycles. The molecule has 0 aliphatic heterocycles. The first-order valence-corrected chi connectivity index (χ1v) is 8.17. The molecule has 0 radical (unpaired) electrons. The Hall–Kier alpha value is -2.67. The van der Waals surface area contributed by atoms with Gasteiger partial charge in [-0.05, 0) is 31.2 Å². The molecule has 0 N–H and O–H groups in total. The highest BCUT2D eigenvalue weighted by Gasteiger charge is 2.24. The molecule has 3 aromatic rings. The van der Waals surface area contributed by atoms with E-state index >= 15 is 0 Å². The van der Waals surface area contributed by atoms with Crippen molar-refractivity contribution in [1.29, 1.82) is 0 Å². The number of hydrogen-bond acceptors (Lipinski definition) is 4. The Morgan fingerprint density at radius 1 is 1.19 bits per heavy atom. The van der Waals surface area contributed by atoms with E-state index < -0.39 is 25.2 Å². The summed E-state index contributed by atoms with van der Waals surface area (Å²) in [6.07, 6.45) is -0.973. The summed E-state index contributed by atoms with van der Waals surface area (Å²) in [5, 5.41) is 0.354. The van der Waals surface area contributed by atoms with Crippen LogP contribution in [0, 0.1) is 0 Å². The molecule has 26 heavy (non-hydrogen) atoms. The van der Waals surface area contributed by atoms with Crippen molar-refractivity contribution in [2.45, 2.75) is 19.6 Å². The molecule has 3 rings (SSSR count). The number of halogens is 3. The lowest BCUT2D eigenvalue weighted by atomic mass is 10.3. The second-order valence-electron chi connectivity index (χ2n) is 5.46. The normalized spacial score (nSPS) is 12.3. The molecule has 0 saturated heterocycles. The highest BCUT2D eigenvalue weighted by Crippen LogP contribution is 2.28. The molecule has 1 atom stereocenters. The van der Waals surface area contributed by atoms with Gasteiger partial charge in [-0.2, -0.15) is 8.78 Å². The van der Waals surface area contributed by atoms with Crippen LogP contribution in [0.3, 0.4) is 0 Å². The average Bonchev–Trinajstić information content (AvgIpc) is 3.01. The number of hydrogen-bond donors (Lipinski definition) is 0. The van der Waals surface area contributed by atoms with Crippen LogP contribution in [-0.4, -0.2) is 22.1 Å². The molecule has 1 aromatic heterocycles. The molecular weight excluding hydrogens is 366 g/mol. The van der Waals surface area contributed by atoms with Crippen molar-refractivity contribution in [2.75, 3.05) is 6.61 Å². The second kappa shape index (κ2) is 7.70. The summed E-state index contributed by atoms with van der Waals surface area (Å²) in [6, 6.07) is 13.2. The SMILES string of the molecule is C[C@@H](OC(=O)COc1ccccc1Cl)c1nc2ccccc2n1C(F)F. The zero-order chi connectivity index (χ0) is 18.7. The summed E-state index contributed by atoms with van der Waals surface area (Å²) in [4.78, 5) is 16.2. The number of fused-ring (bicyclic) bond motifs is 1. The monoisotopic (exact) mass is 380 g/mol. The molecule has 0 bridgehead atoms. The van der Waals surface area contributed by atoms with E-state index in [-0.39, 0.29) is 11.3 Å². The maximum absolute atomic E-state index is 13.4. The van der Waals surface area contributed by atoms with Crippen molar-refractivity contribution in [1.82, 2.24) is 9.55 Å². The van der Waals surface area contributed by atoms with Crippen molar-refractivity contribution in [3.63, 3.8) is 0 Å². The molecule has 0 aliphatic rings. The number of carbonyl (C=O) groups excluding carboxylic acids is 1. The fourth-order valence-corrected chi connectivity index (χ4v) is 2.73. The summed E-state index contributed by atoms with van der Waals surface area (Å²) in [6.45, 7) is -1.73. The van der Waals surface area contributed by atoms with Gasteiger partial charge in [0.05, 0.1) is 16.1 Å². The first-order valence-electron chi connectivity index (χ1n) is 7.79. The zero-order valence-corrected chi connectivity index (χ0v) is 14.5. The minimum absolute atomic E-state index is 0.0349. The molecule has 0 unspecified atom stereocenters. The number of benzene rings is 2. The summed E-state index contributed by atoms with van der Waals surface area (Å²) < 4.78 is 38.1. The molecule has 5 nitrogen and oxygen atoms in total. The van der Waals surface area contributed by atoms with Crippen molar-refractivity contribution in [2.24, 2.45) is 0 Å². The lowest BCUT2D eigenvalue weighted by molar-refractivity contribution is -0.151. The Bertz CT molecular complexity index is 930. The van der Waals surface area contributed by atoms with Gasteiger partial charge in [0.25, 0.3) is 0 Å².